The number of hydrogen-bond donors (Lipinski definition) is 2. The molecule has 0 bridgehead atoms. The van der Waals surface area contributed by atoms with Gasteiger partial charge in [-0.2, -0.15) is 0 Å². The number of carbonyl (C=O) groups excluding carboxylic acids is 1. The maximum absolute atomic E-state index is 12.5. The van der Waals surface area contributed by atoms with Gasteiger partial charge in [-0.3, -0.25) is 15.0 Å². The number of carbonyl (C=O) groups is 1. The molecule has 1 amide bonds. The van der Waals surface area contributed by atoms with E-state index in [9.17, 15) is 13.2 Å². The smallest absolute Gasteiger partial charge is 0.269 e. The molecular formula is C21H21Cl2N5O3S2. The summed E-state index contributed by atoms with van der Waals surface area (Å²) < 4.78 is 27.4. The molecule has 0 saturated heterocycles. The lowest BCUT2D eigenvalue weighted by Crippen LogP contribution is -2.33. The molecule has 0 atom stereocenters. The largest absolute Gasteiger partial charge is 0.299 e. The number of rotatable bonds is 8. The number of sulfonamides is 1. The molecule has 2 heterocycles. The summed E-state index contributed by atoms with van der Waals surface area (Å²) in [5, 5.41) is 10.6. The number of nitrogens with one attached hydrogen (secondary N) is 2. The van der Waals surface area contributed by atoms with Gasteiger partial charge < -0.3 is 0 Å². The van der Waals surface area contributed by atoms with Crippen molar-refractivity contribution in [3.05, 3.63) is 69.2 Å². The van der Waals surface area contributed by atoms with E-state index in [0.29, 0.717) is 11.4 Å². The van der Waals surface area contributed by atoms with Crippen LogP contribution in [0, 0.1) is 0 Å². The zero-order valence-corrected chi connectivity index (χ0v) is 20.6. The molecule has 4 rings (SSSR count). The van der Waals surface area contributed by atoms with Gasteiger partial charge in [0.15, 0.2) is 0 Å². The molecule has 33 heavy (non-hydrogen) atoms. The third-order valence-electron chi connectivity index (χ3n) is 5.19. The summed E-state index contributed by atoms with van der Waals surface area (Å²) in [6, 6.07) is 12.8. The zero-order chi connectivity index (χ0) is 23.4. The van der Waals surface area contributed by atoms with Crippen molar-refractivity contribution in [2.75, 3.05) is 25.0 Å². The van der Waals surface area contributed by atoms with E-state index in [2.05, 4.69) is 43.3 Å². The van der Waals surface area contributed by atoms with Crippen LogP contribution in [-0.4, -0.2) is 49.1 Å². The van der Waals surface area contributed by atoms with Crippen molar-refractivity contribution in [2.24, 2.45) is 0 Å². The van der Waals surface area contributed by atoms with Crippen molar-refractivity contribution in [1.29, 1.82) is 0 Å². The van der Waals surface area contributed by atoms with Crippen molar-refractivity contribution >= 4 is 55.6 Å². The van der Waals surface area contributed by atoms with Gasteiger partial charge in [0.1, 0.15) is 0 Å². The molecule has 1 aliphatic rings. The molecule has 0 unspecified atom stereocenters. The summed E-state index contributed by atoms with van der Waals surface area (Å²) in [7, 11) is -3.82. The maximum Gasteiger partial charge on any atom is 0.269 e. The van der Waals surface area contributed by atoms with E-state index in [0.717, 1.165) is 37.4 Å². The molecule has 1 aliphatic heterocycles. The minimum Gasteiger partial charge on any atom is -0.299 e. The number of anilines is 1. The fraction of sp³-hybridized carbons (Fsp3) is 0.286. The van der Waals surface area contributed by atoms with Crippen molar-refractivity contribution in [2.45, 2.75) is 23.7 Å². The molecule has 0 spiro atoms. The first-order chi connectivity index (χ1) is 15.8. The zero-order valence-electron chi connectivity index (χ0n) is 17.4. The highest BCUT2D eigenvalue weighted by Gasteiger charge is 2.22. The van der Waals surface area contributed by atoms with Gasteiger partial charge in [-0.1, -0.05) is 58.8 Å². The molecule has 2 aromatic carbocycles. The average Bonchev–Trinajstić information content (AvgIpc) is 3.26. The Balaban J connectivity index is 1.27. The maximum atomic E-state index is 12.5. The molecule has 0 radical (unpaired) electrons. The number of halogens is 2. The van der Waals surface area contributed by atoms with Crippen LogP contribution in [0.4, 0.5) is 5.13 Å². The monoisotopic (exact) mass is 525 g/mol. The summed E-state index contributed by atoms with van der Waals surface area (Å²) in [4.78, 5) is 14.7. The molecular weight excluding hydrogens is 505 g/mol. The number of nitrogens with zero attached hydrogens (tertiary/aromatic N) is 3. The van der Waals surface area contributed by atoms with Gasteiger partial charge in [-0.15, -0.1) is 10.2 Å². The SMILES string of the molecule is O=C(Nc1nnc(S(=O)(=O)NCCCN2CCc3ccccc3C2)s1)c1ccc(Cl)cc1Cl. The quantitative estimate of drug-likeness (QED) is 0.342. The first-order valence-electron chi connectivity index (χ1n) is 10.2. The summed E-state index contributed by atoms with van der Waals surface area (Å²) in [6.45, 7) is 2.90. The van der Waals surface area contributed by atoms with E-state index in [4.69, 9.17) is 23.2 Å². The van der Waals surface area contributed by atoms with Gasteiger partial charge in [0, 0.05) is 24.7 Å². The lowest BCUT2D eigenvalue weighted by molar-refractivity contribution is 0.102. The number of benzene rings is 2. The van der Waals surface area contributed by atoms with Gasteiger partial charge in [0.05, 0.1) is 10.6 Å². The van der Waals surface area contributed by atoms with Gasteiger partial charge in [-0.25, -0.2) is 13.1 Å². The molecule has 0 saturated carbocycles. The highest BCUT2D eigenvalue weighted by Crippen LogP contribution is 2.24. The normalized spacial score (nSPS) is 14.1. The Labute approximate surface area is 206 Å². The number of amides is 1. The van der Waals surface area contributed by atoms with Gasteiger partial charge in [0.2, 0.25) is 9.47 Å². The highest BCUT2D eigenvalue weighted by atomic mass is 35.5. The van der Waals surface area contributed by atoms with E-state index in [-0.39, 0.29) is 26.6 Å². The van der Waals surface area contributed by atoms with E-state index in [1.807, 2.05) is 6.07 Å². The van der Waals surface area contributed by atoms with Crippen LogP contribution in [0.25, 0.3) is 0 Å². The van der Waals surface area contributed by atoms with Crippen molar-refractivity contribution < 1.29 is 13.2 Å². The summed E-state index contributed by atoms with van der Waals surface area (Å²) in [5.74, 6) is -0.534. The molecule has 2 N–H and O–H groups in total. The summed E-state index contributed by atoms with van der Waals surface area (Å²) in [5.41, 5.74) is 2.90. The van der Waals surface area contributed by atoms with Crippen LogP contribution < -0.4 is 10.0 Å². The van der Waals surface area contributed by atoms with Gasteiger partial charge in [-0.05, 0) is 48.7 Å². The second-order valence-corrected chi connectivity index (χ2v) is 11.3. The molecule has 0 aliphatic carbocycles. The Hall–Kier alpha value is -2.08. The van der Waals surface area contributed by atoms with Crippen molar-refractivity contribution in [3.63, 3.8) is 0 Å². The Bertz CT molecular complexity index is 1270. The Morgan fingerprint density at radius 2 is 1.91 bits per heavy atom. The number of aromatic nitrogens is 2. The van der Waals surface area contributed by atoms with Crippen LogP contribution in [0.1, 0.15) is 27.9 Å². The summed E-state index contributed by atoms with van der Waals surface area (Å²) >= 11 is 12.6. The minimum absolute atomic E-state index is 0.0540. The number of hydrogen-bond acceptors (Lipinski definition) is 7. The van der Waals surface area contributed by atoms with Crippen LogP contribution in [-0.2, 0) is 23.0 Å². The predicted molar refractivity (Wildman–Crippen MR) is 130 cm³/mol. The van der Waals surface area contributed by atoms with Gasteiger partial charge >= 0.3 is 0 Å². The van der Waals surface area contributed by atoms with Crippen LogP contribution in [0.15, 0.2) is 46.8 Å². The average molecular weight is 526 g/mol. The fourth-order valence-electron chi connectivity index (χ4n) is 3.52. The van der Waals surface area contributed by atoms with Crippen LogP contribution in [0.5, 0.6) is 0 Å². The van der Waals surface area contributed by atoms with E-state index < -0.39 is 15.9 Å². The van der Waals surface area contributed by atoms with Crippen molar-refractivity contribution in [3.8, 4) is 0 Å². The van der Waals surface area contributed by atoms with Crippen LogP contribution in [0.2, 0.25) is 10.0 Å². The second kappa shape index (κ2) is 10.5. The Kier molecular flexibility index (Phi) is 7.62. The fourth-order valence-corrected chi connectivity index (χ4v) is 6.03. The van der Waals surface area contributed by atoms with E-state index >= 15 is 0 Å². The van der Waals surface area contributed by atoms with E-state index in [1.54, 1.807) is 0 Å². The summed E-state index contributed by atoms with van der Waals surface area (Å²) in [6.07, 6.45) is 1.67. The Morgan fingerprint density at radius 1 is 1.12 bits per heavy atom. The molecule has 8 nitrogen and oxygen atoms in total. The lowest BCUT2D eigenvalue weighted by Gasteiger charge is -2.28. The third kappa shape index (κ3) is 6.08. The molecule has 174 valence electrons. The lowest BCUT2D eigenvalue weighted by atomic mass is 10.00. The topological polar surface area (TPSA) is 104 Å². The third-order valence-corrected chi connectivity index (χ3v) is 8.40. The first-order valence-corrected chi connectivity index (χ1v) is 13.3. The van der Waals surface area contributed by atoms with Crippen molar-refractivity contribution in [1.82, 2.24) is 19.8 Å². The molecule has 0 fully saturated rings. The predicted octanol–water partition coefficient (Wildman–Crippen LogP) is 3.82. The highest BCUT2D eigenvalue weighted by molar-refractivity contribution is 7.91. The van der Waals surface area contributed by atoms with Crippen LogP contribution >= 0.6 is 34.5 Å². The van der Waals surface area contributed by atoms with Crippen LogP contribution in [0.3, 0.4) is 0 Å². The first kappa shape index (κ1) is 24.1. The minimum atomic E-state index is -3.82. The molecule has 3 aromatic rings. The number of fused-ring (bicyclic) bond motifs is 1. The van der Waals surface area contributed by atoms with E-state index in [1.165, 1.54) is 29.3 Å². The molecule has 1 aromatic heterocycles. The standard InChI is InChI=1S/C21H21Cl2N5O3S2/c22-16-6-7-17(18(23)12-16)19(29)25-20-26-27-21(32-20)33(30,31)24-9-3-10-28-11-8-14-4-1-2-5-15(14)13-28/h1-2,4-7,12,24H,3,8-11,13H2,(H,25,26,29). The van der Waals surface area contributed by atoms with Gasteiger partial charge in [0.25, 0.3) is 15.9 Å². The molecule has 12 heteroatoms. The Morgan fingerprint density at radius 3 is 2.70 bits per heavy atom. The second-order valence-electron chi connectivity index (χ2n) is 7.50.